The summed E-state index contributed by atoms with van der Waals surface area (Å²) in [6.07, 6.45) is 6.75. The fraction of sp³-hybridized carbons (Fsp3) is 0.769. The first-order valence-corrected chi connectivity index (χ1v) is 7.59. The number of anilines is 1. The van der Waals surface area contributed by atoms with Crippen LogP contribution in [0.2, 0.25) is 0 Å². The smallest absolute Gasteiger partial charge is 0.185 e. The number of rotatable bonds is 4. The number of piperidine rings is 1. The average molecular weight is 251 g/mol. The van der Waals surface area contributed by atoms with E-state index < -0.39 is 0 Å². The third kappa shape index (κ3) is 2.47. The molecular formula is C13H21N3S. The Morgan fingerprint density at radius 1 is 1.29 bits per heavy atom. The molecule has 0 radical (unpaired) electrons. The van der Waals surface area contributed by atoms with Gasteiger partial charge in [0.2, 0.25) is 0 Å². The van der Waals surface area contributed by atoms with Crippen LogP contribution in [0.25, 0.3) is 0 Å². The molecule has 0 bridgehead atoms. The van der Waals surface area contributed by atoms with Crippen molar-refractivity contribution in [3.63, 3.8) is 0 Å². The Kier molecular flexibility index (Phi) is 3.34. The van der Waals surface area contributed by atoms with Gasteiger partial charge in [0.15, 0.2) is 5.13 Å². The van der Waals surface area contributed by atoms with E-state index >= 15 is 0 Å². The normalized spacial score (nSPS) is 20.9. The van der Waals surface area contributed by atoms with Gasteiger partial charge in [0.1, 0.15) is 0 Å². The standard InChI is InChI=1S/C13H21N3S/c1-14-9-11-12(10-5-6-10)15-13(17-11)16-7-3-2-4-8-16/h10,14H,2-9H2,1H3. The highest BCUT2D eigenvalue weighted by Crippen LogP contribution is 2.44. The maximum atomic E-state index is 4.92. The van der Waals surface area contributed by atoms with E-state index in [0.29, 0.717) is 0 Å². The second kappa shape index (κ2) is 4.94. The summed E-state index contributed by atoms with van der Waals surface area (Å²) >= 11 is 1.91. The molecule has 1 aromatic rings. The minimum absolute atomic E-state index is 0.771. The molecule has 94 valence electrons. The van der Waals surface area contributed by atoms with Gasteiger partial charge in [0.25, 0.3) is 0 Å². The number of hydrogen-bond acceptors (Lipinski definition) is 4. The van der Waals surface area contributed by atoms with Crippen molar-refractivity contribution in [2.24, 2.45) is 0 Å². The zero-order chi connectivity index (χ0) is 11.7. The highest BCUT2D eigenvalue weighted by molar-refractivity contribution is 7.15. The molecule has 1 saturated heterocycles. The maximum absolute atomic E-state index is 4.92. The Morgan fingerprint density at radius 2 is 2.06 bits per heavy atom. The van der Waals surface area contributed by atoms with Gasteiger partial charge in [0.05, 0.1) is 5.69 Å². The molecular weight excluding hydrogens is 230 g/mol. The molecule has 3 rings (SSSR count). The van der Waals surface area contributed by atoms with Crippen molar-refractivity contribution in [3.8, 4) is 0 Å². The third-order valence-corrected chi connectivity index (χ3v) is 4.78. The minimum atomic E-state index is 0.771. The Hall–Kier alpha value is -0.610. The molecule has 0 aromatic carbocycles. The van der Waals surface area contributed by atoms with Crippen molar-refractivity contribution in [2.45, 2.75) is 44.6 Å². The molecule has 1 saturated carbocycles. The predicted octanol–water partition coefficient (Wildman–Crippen LogP) is 2.73. The van der Waals surface area contributed by atoms with Crippen LogP contribution in [-0.4, -0.2) is 25.1 Å². The Morgan fingerprint density at radius 3 is 2.71 bits per heavy atom. The molecule has 0 amide bonds. The first-order chi connectivity index (χ1) is 8.38. The summed E-state index contributed by atoms with van der Waals surface area (Å²) in [7, 11) is 2.02. The topological polar surface area (TPSA) is 28.2 Å². The fourth-order valence-corrected chi connectivity index (χ4v) is 3.74. The Bertz CT molecular complexity index is 378. The van der Waals surface area contributed by atoms with Gasteiger partial charge in [-0.25, -0.2) is 4.98 Å². The van der Waals surface area contributed by atoms with Crippen LogP contribution in [0.15, 0.2) is 0 Å². The van der Waals surface area contributed by atoms with E-state index in [2.05, 4.69) is 10.2 Å². The minimum Gasteiger partial charge on any atom is -0.348 e. The first kappa shape index (κ1) is 11.5. The van der Waals surface area contributed by atoms with Crippen LogP contribution in [0, 0.1) is 0 Å². The highest BCUT2D eigenvalue weighted by atomic mass is 32.1. The number of aromatic nitrogens is 1. The van der Waals surface area contributed by atoms with Gasteiger partial charge < -0.3 is 10.2 Å². The summed E-state index contributed by atoms with van der Waals surface area (Å²) < 4.78 is 0. The molecule has 2 heterocycles. The predicted molar refractivity (Wildman–Crippen MR) is 72.9 cm³/mol. The van der Waals surface area contributed by atoms with Crippen molar-refractivity contribution in [1.82, 2.24) is 10.3 Å². The molecule has 17 heavy (non-hydrogen) atoms. The summed E-state index contributed by atoms with van der Waals surface area (Å²) in [4.78, 5) is 8.87. The van der Waals surface area contributed by atoms with E-state index in [-0.39, 0.29) is 0 Å². The zero-order valence-corrected chi connectivity index (χ0v) is 11.4. The quantitative estimate of drug-likeness (QED) is 0.892. The van der Waals surface area contributed by atoms with E-state index in [9.17, 15) is 0 Å². The SMILES string of the molecule is CNCc1sc(N2CCCCC2)nc1C1CC1. The number of nitrogens with one attached hydrogen (secondary N) is 1. The molecule has 2 aliphatic rings. The summed E-state index contributed by atoms with van der Waals surface area (Å²) in [5, 5.41) is 4.55. The van der Waals surface area contributed by atoms with Gasteiger partial charge >= 0.3 is 0 Å². The lowest BCUT2D eigenvalue weighted by atomic mass is 10.1. The van der Waals surface area contributed by atoms with Crippen LogP contribution >= 0.6 is 11.3 Å². The summed E-state index contributed by atoms with van der Waals surface area (Å²) in [6.45, 7) is 3.39. The molecule has 0 spiro atoms. The van der Waals surface area contributed by atoms with Crippen LogP contribution in [0.5, 0.6) is 0 Å². The van der Waals surface area contributed by atoms with Crippen molar-refractivity contribution in [2.75, 3.05) is 25.0 Å². The highest BCUT2D eigenvalue weighted by Gasteiger charge is 2.30. The van der Waals surface area contributed by atoms with Gasteiger partial charge in [-0.15, -0.1) is 11.3 Å². The zero-order valence-electron chi connectivity index (χ0n) is 10.5. The van der Waals surface area contributed by atoms with Crippen molar-refractivity contribution >= 4 is 16.5 Å². The molecule has 2 fully saturated rings. The molecule has 0 atom stereocenters. The van der Waals surface area contributed by atoms with E-state index in [1.807, 2.05) is 18.4 Å². The number of hydrogen-bond donors (Lipinski definition) is 1. The van der Waals surface area contributed by atoms with Gasteiger partial charge in [-0.1, -0.05) is 0 Å². The molecule has 0 unspecified atom stereocenters. The van der Waals surface area contributed by atoms with Crippen LogP contribution in [0.3, 0.4) is 0 Å². The Balaban J connectivity index is 1.81. The first-order valence-electron chi connectivity index (χ1n) is 6.77. The third-order valence-electron chi connectivity index (χ3n) is 3.64. The van der Waals surface area contributed by atoms with E-state index in [4.69, 9.17) is 4.98 Å². The van der Waals surface area contributed by atoms with Gasteiger partial charge in [0, 0.05) is 30.4 Å². The Labute approximate surface area is 107 Å². The molecule has 1 aliphatic heterocycles. The van der Waals surface area contributed by atoms with Gasteiger partial charge in [-0.3, -0.25) is 0 Å². The molecule has 1 N–H and O–H groups in total. The lowest BCUT2D eigenvalue weighted by Gasteiger charge is -2.25. The van der Waals surface area contributed by atoms with Crippen LogP contribution in [0.4, 0.5) is 5.13 Å². The summed E-state index contributed by atoms with van der Waals surface area (Å²) in [5.41, 5.74) is 1.39. The maximum Gasteiger partial charge on any atom is 0.185 e. The van der Waals surface area contributed by atoms with Crippen LogP contribution in [-0.2, 0) is 6.54 Å². The van der Waals surface area contributed by atoms with Gasteiger partial charge in [-0.2, -0.15) is 0 Å². The molecule has 3 nitrogen and oxygen atoms in total. The lowest BCUT2D eigenvalue weighted by molar-refractivity contribution is 0.576. The second-order valence-electron chi connectivity index (χ2n) is 5.16. The number of thiazole rings is 1. The molecule has 4 heteroatoms. The van der Waals surface area contributed by atoms with E-state index in [1.165, 1.54) is 60.9 Å². The van der Waals surface area contributed by atoms with Gasteiger partial charge in [-0.05, 0) is 39.2 Å². The fourth-order valence-electron chi connectivity index (χ4n) is 2.53. The lowest BCUT2D eigenvalue weighted by Crippen LogP contribution is -2.29. The average Bonchev–Trinajstić information content (AvgIpc) is 3.13. The summed E-state index contributed by atoms with van der Waals surface area (Å²) in [5.74, 6) is 0.771. The van der Waals surface area contributed by atoms with E-state index in [1.54, 1.807) is 0 Å². The monoisotopic (exact) mass is 251 g/mol. The summed E-state index contributed by atoms with van der Waals surface area (Å²) in [6, 6.07) is 0. The molecule has 1 aliphatic carbocycles. The second-order valence-corrected chi connectivity index (χ2v) is 6.22. The largest absolute Gasteiger partial charge is 0.348 e. The van der Waals surface area contributed by atoms with E-state index in [0.717, 1.165) is 12.5 Å². The number of nitrogens with zero attached hydrogens (tertiary/aromatic N) is 2. The van der Waals surface area contributed by atoms with Crippen molar-refractivity contribution < 1.29 is 0 Å². The van der Waals surface area contributed by atoms with Crippen LogP contribution in [0.1, 0.15) is 48.6 Å². The van der Waals surface area contributed by atoms with Crippen LogP contribution < -0.4 is 10.2 Å². The van der Waals surface area contributed by atoms with Crippen molar-refractivity contribution in [3.05, 3.63) is 10.6 Å². The molecule has 1 aromatic heterocycles. The van der Waals surface area contributed by atoms with Crippen molar-refractivity contribution in [1.29, 1.82) is 0 Å².